The first-order valence-corrected chi connectivity index (χ1v) is 7.87. The molecule has 19 heavy (non-hydrogen) atoms. The molecule has 1 heterocycles. The van der Waals surface area contributed by atoms with Gasteiger partial charge in [0.15, 0.2) is 0 Å². The van der Waals surface area contributed by atoms with Crippen molar-refractivity contribution in [1.29, 1.82) is 0 Å². The Labute approximate surface area is 118 Å². The van der Waals surface area contributed by atoms with Gasteiger partial charge in [-0.15, -0.1) is 11.3 Å². The molecular weight excluding hydrogens is 252 g/mol. The summed E-state index contributed by atoms with van der Waals surface area (Å²) in [5, 5.41) is 4.76. The Kier molecular flexibility index (Phi) is 3.67. The maximum absolute atomic E-state index is 4.92. The SMILES string of the molecule is CCNCc1sc(C2CC2C)nc1-c1ccccc1. The van der Waals surface area contributed by atoms with Crippen molar-refractivity contribution in [2.24, 2.45) is 5.92 Å². The predicted molar refractivity (Wildman–Crippen MR) is 81.5 cm³/mol. The molecule has 100 valence electrons. The molecule has 3 heteroatoms. The van der Waals surface area contributed by atoms with E-state index in [0.29, 0.717) is 5.92 Å². The number of rotatable bonds is 5. The first-order chi connectivity index (χ1) is 9.29. The second-order valence-electron chi connectivity index (χ2n) is 5.29. The van der Waals surface area contributed by atoms with E-state index in [2.05, 4.69) is 49.5 Å². The number of thiazole rings is 1. The average Bonchev–Trinajstić information content (AvgIpc) is 3.03. The van der Waals surface area contributed by atoms with Gasteiger partial charge in [0.05, 0.1) is 10.7 Å². The second-order valence-corrected chi connectivity index (χ2v) is 6.40. The van der Waals surface area contributed by atoms with Crippen LogP contribution in [-0.2, 0) is 6.54 Å². The van der Waals surface area contributed by atoms with E-state index in [4.69, 9.17) is 4.98 Å². The number of aromatic nitrogens is 1. The van der Waals surface area contributed by atoms with Gasteiger partial charge >= 0.3 is 0 Å². The van der Waals surface area contributed by atoms with Gasteiger partial charge in [0, 0.05) is 22.9 Å². The summed E-state index contributed by atoms with van der Waals surface area (Å²) < 4.78 is 0. The summed E-state index contributed by atoms with van der Waals surface area (Å²) in [6.45, 7) is 6.39. The van der Waals surface area contributed by atoms with Crippen LogP contribution >= 0.6 is 11.3 Å². The van der Waals surface area contributed by atoms with E-state index in [1.165, 1.54) is 27.6 Å². The molecular formula is C16H20N2S. The van der Waals surface area contributed by atoms with Gasteiger partial charge < -0.3 is 5.32 Å². The van der Waals surface area contributed by atoms with Gasteiger partial charge in [0.1, 0.15) is 0 Å². The maximum Gasteiger partial charge on any atom is 0.0969 e. The van der Waals surface area contributed by atoms with Crippen LogP contribution in [0, 0.1) is 5.92 Å². The monoisotopic (exact) mass is 272 g/mol. The molecule has 0 saturated heterocycles. The molecule has 0 bridgehead atoms. The van der Waals surface area contributed by atoms with Crippen LogP contribution in [0.25, 0.3) is 11.3 Å². The van der Waals surface area contributed by atoms with Crippen molar-refractivity contribution in [2.45, 2.75) is 32.7 Å². The topological polar surface area (TPSA) is 24.9 Å². The third kappa shape index (κ3) is 2.72. The lowest BCUT2D eigenvalue weighted by Crippen LogP contribution is -2.11. The molecule has 1 aromatic heterocycles. The lowest BCUT2D eigenvalue weighted by Gasteiger charge is -2.02. The molecule has 1 aliphatic carbocycles. The lowest BCUT2D eigenvalue weighted by molar-refractivity contribution is 0.735. The Hall–Kier alpha value is -1.19. The highest BCUT2D eigenvalue weighted by Gasteiger charge is 2.37. The largest absolute Gasteiger partial charge is 0.312 e. The molecule has 1 fully saturated rings. The predicted octanol–water partition coefficient (Wildman–Crippen LogP) is 4.04. The molecule has 1 aromatic carbocycles. The van der Waals surface area contributed by atoms with Crippen molar-refractivity contribution in [3.63, 3.8) is 0 Å². The third-order valence-electron chi connectivity index (χ3n) is 3.72. The van der Waals surface area contributed by atoms with Gasteiger partial charge in [-0.1, -0.05) is 44.2 Å². The summed E-state index contributed by atoms with van der Waals surface area (Å²) in [5.74, 6) is 1.53. The molecule has 0 aliphatic heterocycles. The summed E-state index contributed by atoms with van der Waals surface area (Å²) in [6.07, 6.45) is 1.31. The molecule has 2 atom stereocenters. The first-order valence-electron chi connectivity index (χ1n) is 7.05. The number of hydrogen-bond donors (Lipinski definition) is 1. The van der Waals surface area contributed by atoms with Crippen LogP contribution in [0.2, 0.25) is 0 Å². The molecule has 1 N–H and O–H groups in total. The number of benzene rings is 1. The van der Waals surface area contributed by atoms with Crippen molar-refractivity contribution in [2.75, 3.05) is 6.54 Å². The van der Waals surface area contributed by atoms with Crippen LogP contribution in [0.3, 0.4) is 0 Å². The van der Waals surface area contributed by atoms with Crippen LogP contribution in [-0.4, -0.2) is 11.5 Å². The zero-order chi connectivity index (χ0) is 13.2. The summed E-state index contributed by atoms with van der Waals surface area (Å²) in [6, 6.07) is 10.6. The Morgan fingerprint density at radius 2 is 2.05 bits per heavy atom. The van der Waals surface area contributed by atoms with Crippen molar-refractivity contribution >= 4 is 11.3 Å². The standard InChI is InChI=1S/C16H20N2S/c1-3-17-10-14-15(12-7-5-4-6-8-12)18-16(19-14)13-9-11(13)2/h4-8,11,13,17H,3,9-10H2,1-2H3. The van der Waals surface area contributed by atoms with Crippen LogP contribution in [0.1, 0.15) is 36.1 Å². The molecule has 0 spiro atoms. The molecule has 0 amide bonds. The zero-order valence-corrected chi connectivity index (χ0v) is 12.3. The van der Waals surface area contributed by atoms with Gasteiger partial charge in [-0.05, 0) is 18.9 Å². The van der Waals surface area contributed by atoms with Crippen LogP contribution in [0.15, 0.2) is 30.3 Å². The van der Waals surface area contributed by atoms with E-state index < -0.39 is 0 Å². The minimum Gasteiger partial charge on any atom is -0.312 e. The molecule has 2 nitrogen and oxygen atoms in total. The zero-order valence-electron chi connectivity index (χ0n) is 11.5. The fourth-order valence-electron chi connectivity index (χ4n) is 2.37. The summed E-state index contributed by atoms with van der Waals surface area (Å²) in [5.41, 5.74) is 2.42. The van der Waals surface area contributed by atoms with Gasteiger partial charge in [-0.25, -0.2) is 4.98 Å². The highest BCUT2D eigenvalue weighted by atomic mass is 32.1. The maximum atomic E-state index is 4.92. The van der Waals surface area contributed by atoms with Crippen LogP contribution in [0.4, 0.5) is 0 Å². The molecule has 1 saturated carbocycles. The van der Waals surface area contributed by atoms with Crippen molar-refractivity contribution in [1.82, 2.24) is 10.3 Å². The molecule has 1 aliphatic rings. The van der Waals surface area contributed by atoms with E-state index >= 15 is 0 Å². The normalized spacial score (nSPS) is 21.6. The van der Waals surface area contributed by atoms with E-state index in [1.807, 2.05) is 11.3 Å². The fraction of sp³-hybridized carbons (Fsp3) is 0.438. The summed E-state index contributed by atoms with van der Waals surface area (Å²) in [7, 11) is 0. The van der Waals surface area contributed by atoms with Crippen LogP contribution in [0.5, 0.6) is 0 Å². The smallest absolute Gasteiger partial charge is 0.0969 e. The van der Waals surface area contributed by atoms with E-state index in [1.54, 1.807) is 0 Å². The highest BCUT2D eigenvalue weighted by Crippen LogP contribution is 2.49. The Morgan fingerprint density at radius 3 is 2.68 bits per heavy atom. The summed E-state index contributed by atoms with van der Waals surface area (Å²) >= 11 is 1.90. The van der Waals surface area contributed by atoms with Crippen LogP contribution < -0.4 is 5.32 Å². The minimum absolute atomic E-state index is 0.711. The fourth-order valence-corrected chi connectivity index (χ4v) is 3.68. The Bertz CT molecular complexity index is 547. The van der Waals surface area contributed by atoms with E-state index in [0.717, 1.165) is 19.0 Å². The Morgan fingerprint density at radius 1 is 1.32 bits per heavy atom. The molecule has 3 rings (SSSR count). The number of nitrogens with one attached hydrogen (secondary N) is 1. The average molecular weight is 272 g/mol. The van der Waals surface area contributed by atoms with Crippen molar-refractivity contribution in [3.05, 3.63) is 40.2 Å². The molecule has 2 unspecified atom stereocenters. The quantitative estimate of drug-likeness (QED) is 0.888. The van der Waals surface area contributed by atoms with Gasteiger partial charge in [-0.3, -0.25) is 0 Å². The first kappa shape index (κ1) is 12.8. The van der Waals surface area contributed by atoms with Gasteiger partial charge in [0.25, 0.3) is 0 Å². The molecule has 2 aromatic rings. The summed E-state index contributed by atoms with van der Waals surface area (Å²) in [4.78, 5) is 6.30. The van der Waals surface area contributed by atoms with E-state index in [-0.39, 0.29) is 0 Å². The number of nitrogens with zero attached hydrogens (tertiary/aromatic N) is 1. The second kappa shape index (κ2) is 5.43. The molecule has 0 radical (unpaired) electrons. The third-order valence-corrected chi connectivity index (χ3v) is 4.91. The van der Waals surface area contributed by atoms with Crippen molar-refractivity contribution in [3.8, 4) is 11.3 Å². The Balaban J connectivity index is 1.94. The van der Waals surface area contributed by atoms with Gasteiger partial charge in [-0.2, -0.15) is 0 Å². The van der Waals surface area contributed by atoms with Gasteiger partial charge in [0.2, 0.25) is 0 Å². The lowest BCUT2D eigenvalue weighted by atomic mass is 10.1. The minimum atomic E-state index is 0.711. The van der Waals surface area contributed by atoms with E-state index in [9.17, 15) is 0 Å². The highest BCUT2D eigenvalue weighted by molar-refractivity contribution is 7.12. The van der Waals surface area contributed by atoms with Crippen molar-refractivity contribution < 1.29 is 0 Å². The number of hydrogen-bond acceptors (Lipinski definition) is 3.